The molecule has 0 aliphatic carbocycles. The van der Waals surface area contributed by atoms with Crippen LogP contribution in [0.4, 0.5) is 0 Å². The minimum Gasteiger partial charge on any atom is -0.374 e. The van der Waals surface area contributed by atoms with Crippen molar-refractivity contribution in [3.05, 3.63) is 138 Å². The van der Waals surface area contributed by atoms with E-state index in [2.05, 4.69) is 0 Å². The van der Waals surface area contributed by atoms with Gasteiger partial charge in [-0.25, -0.2) is 8.42 Å². The predicted octanol–water partition coefficient (Wildman–Crippen LogP) is 5.88. The summed E-state index contributed by atoms with van der Waals surface area (Å²) in [5.41, 5.74) is 2.63. The molecule has 0 radical (unpaired) electrons. The van der Waals surface area contributed by atoms with Crippen molar-refractivity contribution in [2.24, 2.45) is 0 Å². The highest BCUT2D eigenvalue weighted by atomic mass is 32.2. The van der Waals surface area contributed by atoms with Crippen LogP contribution in [0, 0.1) is 6.92 Å². The van der Waals surface area contributed by atoms with Crippen molar-refractivity contribution in [2.75, 3.05) is 6.61 Å². The highest BCUT2D eigenvalue weighted by Gasteiger charge is 2.52. The van der Waals surface area contributed by atoms with Gasteiger partial charge in [-0.1, -0.05) is 109 Å². The smallest absolute Gasteiger partial charge is 0.207 e. The number of hydrogen-bond donors (Lipinski definition) is 0. The molecule has 0 spiro atoms. The van der Waals surface area contributed by atoms with Crippen LogP contribution in [0.2, 0.25) is 0 Å². The maximum atomic E-state index is 13.9. The first kappa shape index (κ1) is 28.2. The average Bonchev–Trinajstić information content (AvgIpc) is 3.34. The van der Waals surface area contributed by atoms with Crippen LogP contribution in [0.25, 0.3) is 0 Å². The van der Waals surface area contributed by atoms with Crippen LogP contribution in [0.1, 0.15) is 22.3 Å². The summed E-state index contributed by atoms with van der Waals surface area (Å²) < 4.78 is 52.9. The zero-order valence-corrected chi connectivity index (χ0v) is 23.3. The molecule has 1 fully saturated rings. The van der Waals surface area contributed by atoms with E-state index in [1.807, 2.05) is 97.9 Å². The third-order valence-electron chi connectivity index (χ3n) is 6.89. The van der Waals surface area contributed by atoms with Gasteiger partial charge < -0.3 is 18.9 Å². The molecule has 5 rings (SSSR count). The summed E-state index contributed by atoms with van der Waals surface area (Å²) in [5, 5.41) is 0. The van der Waals surface area contributed by atoms with Gasteiger partial charge in [0.15, 0.2) is 5.44 Å². The Labute approximate surface area is 236 Å². The summed E-state index contributed by atoms with van der Waals surface area (Å²) in [6, 6.07) is 36.0. The van der Waals surface area contributed by atoms with E-state index in [1.165, 1.54) is 0 Å². The summed E-state index contributed by atoms with van der Waals surface area (Å²) in [5.74, 6) is 0. The number of ether oxygens (including phenoxy) is 4. The molecule has 0 saturated carbocycles. The third kappa shape index (κ3) is 7.05. The van der Waals surface area contributed by atoms with Crippen molar-refractivity contribution in [1.29, 1.82) is 0 Å². The number of rotatable bonds is 12. The Hall–Kier alpha value is -3.33. The lowest BCUT2D eigenvalue weighted by atomic mass is 10.1. The number of aryl methyl sites for hydroxylation is 1. The Kier molecular flexibility index (Phi) is 9.41. The van der Waals surface area contributed by atoms with Crippen molar-refractivity contribution in [2.45, 2.75) is 55.4 Å². The Morgan fingerprint density at radius 2 is 1.10 bits per heavy atom. The Morgan fingerprint density at radius 1 is 0.625 bits per heavy atom. The largest absolute Gasteiger partial charge is 0.374 e. The summed E-state index contributed by atoms with van der Waals surface area (Å²) in [7, 11) is -3.92. The van der Waals surface area contributed by atoms with E-state index in [-0.39, 0.29) is 24.7 Å². The SMILES string of the molecule is Cc1ccc(S(=O)(=O)[C@@H]2O[C@H](COCc3ccccc3)[C@@H](OCc3ccccc3)[C@H]2OCc2ccccc2)cc1. The Morgan fingerprint density at radius 3 is 1.62 bits per heavy atom. The molecule has 7 heteroatoms. The topological polar surface area (TPSA) is 71.1 Å². The number of benzene rings is 4. The fraction of sp³-hybridized carbons (Fsp3) is 0.273. The van der Waals surface area contributed by atoms with Crippen LogP contribution < -0.4 is 0 Å². The summed E-state index contributed by atoms with van der Waals surface area (Å²) in [6.07, 6.45) is -2.20. The minimum atomic E-state index is -3.92. The zero-order valence-electron chi connectivity index (χ0n) is 22.5. The van der Waals surface area contributed by atoms with Crippen molar-refractivity contribution < 1.29 is 27.4 Å². The van der Waals surface area contributed by atoms with E-state index >= 15 is 0 Å². The van der Waals surface area contributed by atoms with E-state index in [0.717, 1.165) is 22.3 Å². The molecule has 0 bridgehead atoms. The van der Waals surface area contributed by atoms with E-state index < -0.39 is 33.6 Å². The van der Waals surface area contributed by atoms with Crippen LogP contribution in [0.3, 0.4) is 0 Å². The van der Waals surface area contributed by atoms with E-state index in [9.17, 15) is 8.42 Å². The predicted molar refractivity (Wildman–Crippen MR) is 153 cm³/mol. The maximum absolute atomic E-state index is 13.9. The van der Waals surface area contributed by atoms with Crippen LogP contribution in [0.5, 0.6) is 0 Å². The number of sulfone groups is 1. The van der Waals surface area contributed by atoms with Crippen molar-refractivity contribution in [3.8, 4) is 0 Å². The highest BCUT2D eigenvalue weighted by Crippen LogP contribution is 2.35. The van der Waals surface area contributed by atoms with E-state index in [0.29, 0.717) is 6.61 Å². The molecule has 6 nitrogen and oxygen atoms in total. The zero-order chi connectivity index (χ0) is 27.8. The van der Waals surface area contributed by atoms with Crippen LogP contribution in [-0.4, -0.2) is 38.8 Å². The van der Waals surface area contributed by atoms with Gasteiger partial charge in [0.25, 0.3) is 0 Å². The van der Waals surface area contributed by atoms with Crippen LogP contribution in [0.15, 0.2) is 120 Å². The standard InChI is InChI=1S/C33H34O6S/c1-25-17-19-29(20-18-25)40(34,35)33-32(38-23-28-15-9-4-10-16-28)31(37-22-27-13-7-3-8-14-27)30(39-33)24-36-21-26-11-5-2-6-12-26/h2-20,30-33H,21-24H2,1H3/t30-,31-,32-,33+/m1/s1. The van der Waals surface area contributed by atoms with Gasteiger partial charge in [0.2, 0.25) is 9.84 Å². The minimum absolute atomic E-state index is 0.152. The lowest BCUT2D eigenvalue weighted by Crippen LogP contribution is -2.41. The fourth-order valence-corrected chi connectivity index (χ4v) is 6.37. The molecule has 4 aromatic rings. The molecule has 40 heavy (non-hydrogen) atoms. The van der Waals surface area contributed by atoms with Crippen molar-refractivity contribution in [1.82, 2.24) is 0 Å². The first-order chi connectivity index (χ1) is 19.5. The third-order valence-corrected chi connectivity index (χ3v) is 8.81. The second-order valence-electron chi connectivity index (χ2n) is 9.92. The van der Waals surface area contributed by atoms with Crippen molar-refractivity contribution in [3.63, 3.8) is 0 Å². The van der Waals surface area contributed by atoms with E-state index in [1.54, 1.807) is 24.3 Å². The molecule has 4 aromatic carbocycles. The molecule has 1 aliphatic rings. The monoisotopic (exact) mass is 558 g/mol. The molecule has 1 aliphatic heterocycles. The molecule has 208 valence electrons. The van der Waals surface area contributed by atoms with Crippen LogP contribution in [-0.2, 0) is 48.6 Å². The average molecular weight is 559 g/mol. The second kappa shape index (κ2) is 13.4. The molecule has 1 saturated heterocycles. The first-order valence-electron chi connectivity index (χ1n) is 13.4. The summed E-state index contributed by atoms with van der Waals surface area (Å²) in [6.45, 7) is 2.95. The van der Waals surface area contributed by atoms with E-state index in [4.69, 9.17) is 18.9 Å². The second-order valence-corrected chi connectivity index (χ2v) is 12.0. The molecular weight excluding hydrogens is 524 g/mol. The molecule has 0 unspecified atom stereocenters. The molecule has 0 N–H and O–H groups in total. The Bertz CT molecular complexity index is 1430. The van der Waals surface area contributed by atoms with Gasteiger partial charge in [-0.05, 0) is 35.7 Å². The lowest BCUT2D eigenvalue weighted by molar-refractivity contribution is -0.0896. The number of hydrogen-bond acceptors (Lipinski definition) is 6. The fourth-order valence-electron chi connectivity index (χ4n) is 4.72. The van der Waals surface area contributed by atoms with Gasteiger partial charge in [0, 0.05) is 0 Å². The molecule has 0 amide bonds. The van der Waals surface area contributed by atoms with Gasteiger partial charge in [0.05, 0.1) is 31.3 Å². The molecule has 0 aromatic heterocycles. The lowest BCUT2D eigenvalue weighted by Gasteiger charge is -2.25. The first-order valence-corrected chi connectivity index (χ1v) is 14.9. The van der Waals surface area contributed by atoms with Crippen molar-refractivity contribution >= 4 is 9.84 Å². The summed E-state index contributed by atoms with van der Waals surface area (Å²) in [4.78, 5) is 0.184. The van der Waals surface area contributed by atoms with Gasteiger partial charge in [-0.2, -0.15) is 0 Å². The van der Waals surface area contributed by atoms with Gasteiger partial charge in [0.1, 0.15) is 18.3 Å². The van der Waals surface area contributed by atoms with Gasteiger partial charge in [-0.3, -0.25) is 0 Å². The highest BCUT2D eigenvalue weighted by molar-refractivity contribution is 7.92. The summed E-state index contributed by atoms with van der Waals surface area (Å²) >= 11 is 0. The normalized spacial score (nSPS) is 20.9. The van der Waals surface area contributed by atoms with Gasteiger partial charge in [-0.15, -0.1) is 0 Å². The molecular formula is C33H34O6S. The quantitative estimate of drug-likeness (QED) is 0.216. The van der Waals surface area contributed by atoms with Gasteiger partial charge >= 0.3 is 0 Å². The molecule has 1 heterocycles. The van der Waals surface area contributed by atoms with Crippen LogP contribution >= 0.6 is 0 Å². The maximum Gasteiger partial charge on any atom is 0.207 e. The Balaban J connectivity index is 1.42. The molecule has 4 atom stereocenters.